The molecule has 0 radical (unpaired) electrons. The quantitative estimate of drug-likeness (QED) is 0.478. The highest BCUT2D eigenvalue weighted by molar-refractivity contribution is 7.89. The number of nitrogens with one attached hydrogen (secondary N) is 1. The first kappa shape index (κ1) is 20.5. The molecule has 2 heterocycles. The molecule has 0 spiro atoms. The van der Waals surface area contributed by atoms with Crippen LogP contribution in [0.2, 0.25) is 0 Å². The second-order valence-electron chi connectivity index (χ2n) is 7.31. The molecular weight excluding hydrogens is 416 g/mol. The summed E-state index contributed by atoms with van der Waals surface area (Å²) in [5.41, 5.74) is 3.11. The van der Waals surface area contributed by atoms with Crippen LogP contribution < -0.4 is 5.56 Å². The molecule has 4 aromatic rings. The lowest BCUT2D eigenvalue weighted by Crippen LogP contribution is -2.32. The lowest BCUT2D eigenvalue weighted by Gasteiger charge is -2.22. The van der Waals surface area contributed by atoms with Gasteiger partial charge in [-0.05, 0) is 72.1 Å². The number of benzene rings is 2. The Morgan fingerprint density at radius 2 is 1.67 bits per heavy atom. The topological polar surface area (TPSA) is 70.2 Å². The summed E-state index contributed by atoms with van der Waals surface area (Å²) in [6, 6.07) is 17.9. The van der Waals surface area contributed by atoms with Crippen LogP contribution in [0.1, 0.15) is 21.6 Å². The van der Waals surface area contributed by atoms with E-state index in [1.54, 1.807) is 36.4 Å². The Hall–Kier alpha value is -2.74. The number of aryl methyl sites for hydroxylation is 2. The maximum atomic E-state index is 13.4. The molecule has 154 valence electrons. The lowest BCUT2D eigenvalue weighted by molar-refractivity contribution is 0.402. The monoisotopic (exact) mass is 438 g/mol. The smallest absolute Gasteiger partial charge is 0.252 e. The zero-order valence-electron chi connectivity index (χ0n) is 16.8. The lowest BCUT2D eigenvalue weighted by atomic mass is 10.1. The number of rotatable bonds is 6. The third kappa shape index (κ3) is 4.09. The molecule has 0 fully saturated rings. The van der Waals surface area contributed by atoms with E-state index in [2.05, 4.69) is 4.98 Å². The fraction of sp³-hybridized carbons (Fsp3) is 0.174. The van der Waals surface area contributed by atoms with Crippen LogP contribution in [-0.4, -0.2) is 17.7 Å². The number of sulfonamides is 1. The van der Waals surface area contributed by atoms with Gasteiger partial charge >= 0.3 is 0 Å². The zero-order chi connectivity index (χ0) is 21.3. The largest absolute Gasteiger partial charge is 0.322 e. The SMILES string of the molecule is Cc1cc2cc(CN(Cc3cccs3)S(=O)(=O)c3ccccc3)c(=O)[nH]c2cc1C. The summed E-state index contributed by atoms with van der Waals surface area (Å²) in [5, 5.41) is 2.80. The molecule has 0 unspecified atom stereocenters. The van der Waals surface area contributed by atoms with Gasteiger partial charge in [-0.2, -0.15) is 4.31 Å². The molecule has 0 saturated carbocycles. The number of aromatic amines is 1. The number of aromatic nitrogens is 1. The standard InChI is InChI=1S/C23H22N2O3S2/c1-16-11-18-13-19(23(26)24-22(18)12-17(16)2)14-25(15-20-7-6-10-29-20)30(27,28)21-8-4-3-5-9-21/h3-13H,14-15H2,1-2H3,(H,24,26). The van der Waals surface area contributed by atoms with Crippen LogP contribution in [0.3, 0.4) is 0 Å². The fourth-order valence-electron chi connectivity index (χ4n) is 3.37. The molecule has 2 aromatic carbocycles. The highest BCUT2D eigenvalue weighted by atomic mass is 32.2. The summed E-state index contributed by atoms with van der Waals surface area (Å²) in [6.07, 6.45) is 0. The van der Waals surface area contributed by atoms with Crippen LogP contribution in [0.4, 0.5) is 0 Å². The van der Waals surface area contributed by atoms with Crippen molar-refractivity contribution in [3.8, 4) is 0 Å². The van der Waals surface area contributed by atoms with E-state index in [1.807, 2.05) is 43.5 Å². The minimum absolute atomic E-state index is 0.00662. The minimum Gasteiger partial charge on any atom is -0.322 e. The first-order valence-electron chi connectivity index (χ1n) is 9.55. The van der Waals surface area contributed by atoms with Gasteiger partial charge in [0.15, 0.2) is 0 Å². The molecule has 0 aliphatic heterocycles. The van der Waals surface area contributed by atoms with Crippen molar-refractivity contribution in [1.82, 2.24) is 9.29 Å². The van der Waals surface area contributed by atoms with Crippen LogP contribution in [0.25, 0.3) is 10.9 Å². The van der Waals surface area contributed by atoms with Gasteiger partial charge in [0.25, 0.3) is 5.56 Å². The third-order valence-corrected chi connectivity index (χ3v) is 7.84. The van der Waals surface area contributed by atoms with E-state index in [0.29, 0.717) is 5.56 Å². The average molecular weight is 439 g/mol. The Balaban J connectivity index is 1.78. The van der Waals surface area contributed by atoms with Gasteiger partial charge in [0.1, 0.15) is 0 Å². The van der Waals surface area contributed by atoms with Crippen LogP contribution in [0.15, 0.2) is 75.7 Å². The van der Waals surface area contributed by atoms with E-state index in [1.165, 1.54) is 15.6 Å². The van der Waals surface area contributed by atoms with Gasteiger partial charge < -0.3 is 4.98 Å². The summed E-state index contributed by atoms with van der Waals surface area (Å²) >= 11 is 1.49. The summed E-state index contributed by atoms with van der Waals surface area (Å²) in [6.45, 7) is 4.21. The Kier molecular flexibility index (Phi) is 5.60. The van der Waals surface area contributed by atoms with Gasteiger partial charge in [0.2, 0.25) is 10.0 Å². The molecule has 5 nitrogen and oxygen atoms in total. The fourth-order valence-corrected chi connectivity index (χ4v) is 5.59. The molecule has 0 aliphatic rings. The first-order valence-corrected chi connectivity index (χ1v) is 11.9. The zero-order valence-corrected chi connectivity index (χ0v) is 18.4. The van der Waals surface area contributed by atoms with Crippen LogP contribution in [0.5, 0.6) is 0 Å². The van der Waals surface area contributed by atoms with E-state index in [0.717, 1.165) is 26.9 Å². The molecular formula is C23H22N2O3S2. The maximum absolute atomic E-state index is 13.4. The molecule has 30 heavy (non-hydrogen) atoms. The molecule has 7 heteroatoms. The normalized spacial score (nSPS) is 12.0. The second-order valence-corrected chi connectivity index (χ2v) is 10.3. The van der Waals surface area contributed by atoms with Crippen LogP contribution in [0, 0.1) is 13.8 Å². The molecule has 0 aliphatic carbocycles. The Labute approximate surface area is 179 Å². The van der Waals surface area contributed by atoms with Crippen molar-refractivity contribution in [2.45, 2.75) is 31.8 Å². The number of hydrogen-bond donors (Lipinski definition) is 1. The van der Waals surface area contributed by atoms with Crippen molar-refractivity contribution >= 4 is 32.3 Å². The predicted molar refractivity (Wildman–Crippen MR) is 121 cm³/mol. The molecule has 0 amide bonds. The van der Waals surface area contributed by atoms with Crippen LogP contribution >= 0.6 is 11.3 Å². The number of pyridine rings is 1. The molecule has 4 rings (SSSR count). The van der Waals surface area contributed by atoms with Crippen molar-refractivity contribution < 1.29 is 8.42 Å². The second kappa shape index (κ2) is 8.18. The number of thiophene rings is 1. The number of fused-ring (bicyclic) bond motifs is 1. The predicted octanol–water partition coefficient (Wildman–Crippen LogP) is 4.60. The number of H-pyrrole nitrogens is 1. The van der Waals surface area contributed by atoms with Crippen molar-refractivity contribution in [2.24, 2.45) is 0 Å². The molecule has 0 saturated heterocycles. The third-order valence-electron chi connectivity index (χ3n) is 5.18. The summed E-state index contributed by atoms with van der Waals surface area (Å²) in [7, 11) is -3.77. The van der Waals surface area contributed by atoms with Gasteiger partial charge in [0.05, 0.1) is 4.90 Å². The molecule has 2 aromatic heterocycles. The molecule has 1 N–H and O–H groups in total. The van der Waals surface area contributed by atoms with E-state index in [9.17, 15) is 13.2 Å². The van der Waals surface area contributed by atoms with Crippen molar-refractivity contribution in [3.05, 3.63) is 98.0 Å². The van der Waals surface area contributed by atoms with E-state index in [-0.39, 0.29) is 23.5 Å². The molecule has 0 atom stereocenters. The van der Waals surface area contributed by atoms with Crippen molar-refractivity contribution in [2.75, 3.05) is 0 Å². The van der Waals surface area contributed by atoms with Crippen LogP contribution in [-0.2, 0) is 23.1 Å². The van der Waals surface area contributed by atoms with Gasteiger partial charge in [-0.25, -0.2) is 8.42 Å². The Morgan fingerprint density at radius 3 is 2.37 bits per heavy atom. The van der Waals surface area contributed by atoms with Gasteiger partial charge in [0, 0.05) is 29.0 Å². The summed E-state index contributed by atoms with van der Waals surface area (Å²) < 4.78 is 28.1. The van der Waals surface area contributed by atoms with Gasteiger partial charge in [-0.15, -0.1) is 11.3 Å². The maximum Gasteiger partial charge on any atom is 0.252 e. The highest BCUT2D eigenvalue weighted by Crippen LogP contribution is 2.23. The number of hydrogen-bond acceptors (Lipinski definition) is 4. The van der Waals surface area contributed by atoms with Crippen molar-refractivity contribution in [1.29, 1.82) is 0 Å². The van der Waals surface area contributed by atoms with E-state index < -0.39 is 10.0 Å². The van der Waals surface area contributed by atoms with Gasteiger partial charge in [-0.1, -0.05) is 24.3 Å². The Morgan fingerprint density at radius 1 is 0.933 bits per heavy atom. The minimum atomic E-state index is -3.77. The Bertz CT molecular complexity index is 1340. The molecule has 0 bridgehead atoms. The number of nitrogens with zero attached hydrogens (tertiary/aromatic N) is 1. The highest BCUT2D eigenvalue weighted by Gasteiger charge is 2.26. The van der Waals surface area contributed by atoms with E-state index in [4.69, 9.17) is 0 Å². The first-order chi connectivity index (χ1) is 14.3. The van der Waals surface area contributed by atoms with E-state index >= 15 is 0 Å². The summed E-state index contributed by atoms with van der Waals surface area (Å²) in [4.78, 5) is 16.8. The van der Waals surface area contributed by atoms with Crippen molar-refractivity contribution in [3.63, 3.8) is 0 Å². The summed E-state index contributed by atoms with van der Waals surface area (Å²) in [5.74, 6) is 0. The average Bonchev–Trinajstić information content (AvgIpc) is 3.23. The van der Waals surface area contributed by atoms with Gasteiger partial charge in [-0.3, -0.25) is 4.79 Å².